The van der Waals surface area contributed by atoms with Gasteiger partial charge >= 0.3 is 5.97 Å². The van der Waals surface area contributed by atoms with Crippen molar-refractivity contribution in [1.82, 2.24) is 4.98 Å². The lowest BCUT2D eigenvalue weighted by atomic mass is 10.0. The second-order valence-corrected chi connectivity index (χ2v) is 4.93. The van der Waals surface area contributed by atoms with E-state index < -0.39 is 5.97 Å². The predicted molar refractivity (Wildman–Crippen MR) is 78.0 cm³/mol. The number of aromatic nitrogens is 1. The lowest BCUT2D eigenvalue weighted by Crippen LogP contribution is -1.93. The van der Waals surface area contributed by atoms with E-state index in [4.69, 9.17) is 5.11 Å². The number of halogens is 1. The van der Waals surface area contributed by atoms with E-state index in [1.54, 1.807) is 12.3 Å². The first-order valence-corrected chi connectivity index (χ1v) is 6.53. The van der Waals surface area contributed by atoms with Crippen LogP contribution in [0.25, 0.3) is 6.08 Å². The molecule has 0 aliphatic heterocycles. The Kier molecular flexibility index (Phi) is 4.47. The minimum Gasteiger partial charge on any atom is -0.477 e. The van der Waals surface area contributed by atoms with Crippen LogP contribution >= 0.6 is 15.9 Å². The van der Waals surface area contributed by atoms with E-state index >= 15 is 0 Å². The van der Waals surface area contributed by atoms with Gasteiger partial charge in [0.05, 0.1) is 0 Å². The minimum absolute atomic E-state index is 0.146. The highest BCUT2D eigenvalue weighted by Crippen LogP contribution is 2.15. The van der Waals surface area contributed by atoms with Crippen molar-refractivity contribution in [2.75, 3.05) is 0 Å². The van der Waals surface area contributed by atoms with E-state index in [-0.39, 0.29) is 4.48 Å². The van der Waals surface area contributed by atoms with E-state index in [9.17, 15) is 4.79 Å². The van der Waals surface area contributed by atoms with E-state index in [1.165, 1.54) is 0 Å². The highest BCUT2D eigenvalue weighted by molar-refractivity contribution is 9.12. The lowest BCUT2D eigenvalue weighted by molar-refractivity contribution is -0.131. The largest absolute Gasteiger partial charge is 0.477 e. The van der Waals surface area contributed by atoms with Crippen molar-refractivity contribution in [2.24, 2.45) is 0 Å². The molecule has 0 bridgehead atoms. The number of nitrogens with zero attached hydrogens (tertiary/aromatic N) is 1. The molecule has 0 radical (unpaired) electrons. The highest BCUT2D eigenvalue weighted by atomic mass is 79.9. The van der Waals surface area contributed by atoms with Crippen LogP contribution in [0.15, 0.2) is 53.3 Å². The molecular formula is C15H12BrNO2. The smallest absolute Gasteiger partial charge is 0.342 e. The Hall–Kier alpha value is -1.94. The third-order valence-corrected chi connectivity index (χ3v) is 3.18. The minimum atomic E-state index is -0.973. The first-order valence-electron chi connectivity index (χ1n) is 5.73. The lowest BCUT2D eigenvalue weighted by Gasteiger charge is -2.02. The van der Waals surface area contributed by atoms with Gasteiger partial charge < -0.3 is 5.11 Å². The fourth-order valence-electron chi connectivity index (χ4n) is 1.68. The summed E-state index contributed by atoms with van der Waals surface area (Å²) in [5.74, 6) is -0.973. The van der Waals surface area contributed by atoms with Crippen LogP contribution in [0, 0.1) is 0 Å². The van der Waals surface area contributed by atoms with Gasteiger partial charge in [0.15, 0.2) is 0 Å². The molecular weight excluding hydrogens is 306 g/mol. The second-order valence-electron chi connectivity index (χ2n) is 4.08. The van der Waals surface area contributed by atoms with Crippen molar-refractivity contribution in [1.29, 1.82) is 0 Å². The molecule has 4 heteroatoms. The number of carboxylic acids is 1. The quantitative estimate of drug-likeness (QED) is 0.878. The van der Waals surface area contributed by atoms with Gasteiger partial charge in [-0.1, -0.05) is 30.3 Å². The van der Waals surface area contributed by atoms with Crippen LogP contribution in [-0.2, 0) is 11.2 Å². The zero-order valence-electron chi connectivity index (χ0n) is 10.1. The fraction of sp³-hybridized carbons (Fsp3) is 0.0667. The van der Waals surface area contributed by atoms with Gasteiger partial charge in [0.2, 0.25) is 0 Å². The van der Waals surface area contributed by atoms with Gasteiger partial charge in [-0.25, -0.2) is 4.79 Å². The molecule has 0 saturated heterocycles. The summed E-state index contributed by atoms with van der Waals surface area (Å²) in [6.07, 6.45) is 5.99. The number of carboxylic acid groups (broad SMARTS) is 1. The summed E-state index contributed by atoms with van der Waals surface area (Å²) in [4.78, 5) is 14.8. The van der Waals surface area contributed by atoms with Crippen molar-refractivity contribution in [3.8, 4) is 0 Å². The molecule has 19 heavy (non-hydrogen) atoms. The molecule has 3 nitrogen and oxygen atoms in total. The van der Waals surface area contributed by atoms with Gasteiger partial charge in [-0.05, 0) is 51.2 Å². The third kappa shape index (κ3) is 4.03. The zero-order valence-corrected chi connectivity index (χ0v) is 11.7. The Morgan fingerprint density at radius 1 is 1.21 bits per heavy atom. The van der Waals surface area contributed by atoms with E-state index in [0.717, 1.165) is 23.1 Å². The van der Waals surface area contributed by atoms with Crippen molar-refractivity contribution in [3.05, 3.63) is 70.0 Å². The second kappa shape index (κ2) is 6.29. The number of carbonyl (C=O) groups is 1. The third-order valence-electron chi connectivity index (χ3n) is 2.61. The molecule has 0 saturated carbocycles. The van der Waals surface area contributed by atoms with Gasteiger partial charge in [-0.15, -0.1) is 0 Å². The average Bonchev–Trinajstić information content (AvgIpc) is 2.42. The normalized spacial score (nSPS) is 11.3. The Labute approximate surface area is 119 Å². The van der Waals surface area contributed by atoms with Gasteiger partial charge in [0.25, 0.3) is 0 Å². The molecule has 1 aromatic heterocycles. The number of hydrogen-bond donors (Lipinski definition) is 1. The van der Waals surface area contributed by atoms with Crippen molar-refractivity contribution >= 4 is 28.0 Å². The molecule has 2 rings (SSSR count). The summed E-state index contributed by atoms with van der Waals surface area (Å²) < 4.78 is 0.146. The molecule has 0 fully saturated rings. The summed E-state index contributed by atoms with van der Waals surface area (Å²) in [5, 5.41) is 8.77. The molecule has 1 N–H and O–H groups in total. The molecule has 1 aromatic carbocycles. The standard InChI is InChI=1S/C15H12BrNO2/c16-14(15(18)19)9-12-5-3-11(4-6-12)8-13-2-1-7-17-10-13/h1-7,9-10H,8H2,(H,18,19)/b14-9+. The van der Waals surface area contributed by atoms with Gasteiger partial charge in [-0.2, -0.15) is 0 Å². The number of pyridine rings is 1. The SMILES string of the molecule is O=C(O)/C(Br)=C\c1ccc(Cc2cccnc2)cc1. The number of aliphatic carboxylic acids is 1. The van der Waals surface area contributed by atoms with Crippen molar-refractivity contribution in [2.45, 2.75) is 6.42 Å². The average molecular weight is 318 g/mol. The van der Waals surface area contributed by atoms with Crippen LogP contribution in [0.5, 0.6) is 0 Å². The molecule has 0 aliphatic carbocycles. The van der Waals surface area contributed by atoms with E-state index in [1.807, 2.05) is 42.6 Å². The maximum Gasteiger partial charge on any atom is 0.342 e. The van der Waals surface area contributed by atoms with Crippen LogP contribution in [0.4, 0.5) is 0 Å². The maximum absolute atomic E-state index is 10.7. The van der Waals surface area contributed by atoms with Gasteiger partial charge in [-0.3, -0.25) is 4.98 Å². The van der Waals surface area contributed by atoms with E-state index in [0.29, 0.717) is 0 Å². The summed E-state index contributed by atoms with van der Waals surface area (Å²) in [6.45, 7) is 0. The first kappa shape index (κ1) is 13.5. The van der Waals surface area contributed by atoms with E-state index in [2.05, 4.69) is 20.9 Å². The van der Waals surface area contributed by atoms with Crippen LogP contribution in [0.1, 0.15) is 16.7 Å². The fourth-order valence-corrected chi connectivity index (χ4v) is 1.94. The molecule has 0 aliphatic rings. The van der Waals surface area contributed by atoms with Crippen LogP contribution in [-0.4, -0.2) is 16.1 Å². The summed E-state index contributed by atoms with van der Waals surface area (Å²) in [6, 6.07) is 11.7. The van der Waals surface area contributed by atoms with Crippen molar-refractivity contribution in [3.63, 3.8) is 0 Å². The topological polar surface area (TPSA) is 50.2 Å². The summed E-state index contributed by atoms with van der Waals surface area (Å²) in [7, 11) is 0. The highest BCUT2D eigenvalue weighted by Gasteiger charge is 2.02. The maximum atomic E-state index is 10.7. The molecule has 96 valence electrons. The summed E-state index contributed by atoms with van der Waals surface area (Å²) >= 11 is 3.00. The van der Waals surface area contributed by atoms with Crippen LogP contribution in [0.2, 0.25) is 0 Å². The number of benzene rings is 1. The van der Waals surface area contributed by atoms with Gasteiger partial charge in [0, 0.05) is 12.4 Å². The Morgan fingerprint density at radius 3 is 2.53 bits per heavy atom. The Balaban J connectivity index is 2.11. The van der Waals surface area contributed by atoms with Crippen LogP contribution < -0.4 is 0 Å². The molecule has 0 spiro atoms. The molecule has 1 heterocycles. The molecule has 0 unspecified atom stereocenters. The van der Waals surface area contributed by atoms with Crippen LogP contribution in [0.3, 0.4) is 0 Å². The van der Waals surface area contributed by atoms with Gasteiger partial charge in [0.1, 0.15) is 4.48 Å². The molecule has 0 atom stereocenters. The Morgan fingerprint density at radius 2 is 1.95 bits per heavy atom. The summed E-state index contributed by atoms with van der Waals surface area (Å²) in [5.41, 5.74) is 3.17. The van der Waals surface area contributed by atoms with Crippen molar-refractivity contribution < 1.29 is 9.90 Å². The Bertz CT molecular complexity index is 591. The predicted octanol–water partition coefficient (Wildman–Crippen LogP) is 3.49. The zero-order chi connectivity index (χ0) is 13.7. The molecule has 2 aromatic rings. The first-order chi connectivity index (χ1) is 9.15. The monoisotopic (exact) mass is 317 g/mol. The number of hydrogen-bond acceptors (Lipinski definition) is 2. The number of rotatable bonds is 4. The molecule has 0 amide bonds.